The highest BCUT2D eigenvalue weighted by atomic mass is 19.4. The number of hydrogen-bond donors (Lipinski definition) is 1. The minimum Gasteiger partial charge on any atom is -0.314 e. The van der Waals surface area contributed by atoms with Crippen LogP contribution in [0, 0.1) is 13.8 Å². The van der Waals surface area contributed by atoms with E-state index in [1.807, 2.05) is 32.0 Å². The second-order valence-corrected chi connectivity index (χ2v) is 5.76. The highest BCUT2D eigenvalue weighted by Crippen LogP contribution is 2.34. The van der Waals surface area contributed by atoms with Crippen molar-refractivity contribution in [3.8, 4) is 0 Å². The van der Waals surface area contributed by atoms with E-state index in [9.17, 15) is 13.2 Å². The van der Waals surface area contributed by atoms with Crippen LogP contribution in [-0.2, 0) is 0 Å². The molecule has 1 heterocycles. The molecule has 1 N–H and O–H groups in total. The van der Waals surface area contributed by atoms with Crippen LogP contribution in [0.2, 0.25) is 0 Å². The Morgan fingerprint density at radius 3 is 2.24 bits per heavy atom. The van der Waals surface area contributed by atoms with Gasteiger partial charge in [0.2, 0.25) is 0 Å². The number of alkyl halides is 3. The molecule has 1 aromatic carbocycles. The minimum atomic E-state index is -4.09. The van der Waals surface area contributed by atoms with Gasteiger partial charge in [-0.15, -0.1) is 0 Å². The van der Waals surface area contributed by atoms with Crippen molar-refractivity contribution in [3.63, 3.8) is 0 Å². The first-order valence-corrected chi connectivity index (χ1v) is 7.46. The van der Waals surface area contributed by atoms with E-state index in [-0.39, 0.29) is 12.5 Å². The number of nitrogens with one attached hydrogen (secondary N) is 1. The normalized spacial score (nSPS) is 18.7. The lowest BCUT2D eigenvalue weighted by atomic mass is 9.91. The molecule has 1 fully saturated rings. The summed E-state index contributed by atoms with van der Waals surface area (Å²) in [5.41, 5.74) is 3.24. The molecule has 5 heteroatoms. The average Bonchev–Trinajstić information content (AvgIpc) is 2.42. The predicted octanol–water partition coefficient (Wildman–Crippen LogP) is 3.59. The Labute approximate surface area is 124 Å². The molecular formula is C16H23F3N2. The van der Waals surface area contributed by atoms with E-state index in [0.717, 1.165) is 42.9 Å². The van der Waals surface area contributed by atoms with Crippen LogP contribution in [0.1, 0.15) is 35.6 Å². The zero-order valence-electron chi connectivity index (χ0n) is 12.6. The number of piperazine rings is 1. The lowest BCUT2D eigenvalue weighted by Crippen LogP contribution is -2.45. The van der Waals surface area contributed by atoms with E-state index in [4.69, 9.17) is 0 Å². The molecule has 1 aromatic rings. The number of rotatable bonds is 4. The van der Waals surface area contributed by atoms with Crippen LogP contribution in [0.25, 0.3) is 0 Å². The lowest BCUT2D eigenvalue weighted by Gasteiger charge is -2.37. The van der Waals surface area contributed by atoms with E-state index in [2.05, 4.69) is 10.2 Å². The van der Waals surface area contributed by atoms with E-state index < -0.39 is 12.6 Å². The highest BCUT2D eigenvalue weighted by Gasteiger charge is 2.32. The predicted molar refractivity (Wildman–Crippen MR) is 78.4 cm³/mol. The Kier molecular flexibility index (Phi) is 5.27. The van der Waals surface area contributed by atoms with Gasteiger partial charge in [0.05, 0.1) is 0 Å². The topological polar surface area (TPSA) is 15.3 Å². The second-order valence-electron chi connectivity index (χ2n) is 5.76. The van der Waals surface area contributed by atoms with Crippen molar-refractivity contribution in [1.82, 2.24) is 10.2 Å². The van der Waals surface area contributed by atoms with Crippen LogP contribution >= 0.6 is 0 Å². The van der Waals surface area contributed by atoms with E-state index in [1.165, 1.54) is 0 Å². The number of benzene rings is 1. The molecule has 0 aliphatic carbocycles. The van der Waals surface area contributed by atoms with Gasteiger partial charge in [-0.1, -0.05) is 18.2 Å². The van der Waals surface area contributed by atoms with Gasteiger partial charge < -0.3 is 5.32 Å². The van der Waals surface area contributed by atoms with Crippen molar-refractivity contribution in [3.05, 3.63) is 34.9 Å². The van der Waals surface area contributed by atoms with Crippen LogP contribution in [0.15, 0.2) is 18.2 Å². The van der Waals surface area contributed by atoms with Gasteiger partial charge >= 0.3 is 6.18 Å². The van der Waals surface area contributed by atoms with Crippen molar-refractivity contribution in [1.29, 1.82) is 0 Å². The third-order valence-corrected chi connectivity index (χ3v) is 4.17. The van der Waals surface area contributed by atoms with Gasteiger partial charge in [0.15, 0.2) is 0 Å². The van der Waals surface area contributed by atoms with Crippen LogP contribution in [0.4, 0.5) is 13.2 Å². The monoisotopic (exact) mass is 300 g/mol. The Bertz CT molecular complexity index is 445. The van der Waals surface area contributed by atoms with Crippen LogP contribution in [0.3, 0.4) is 0 Å². The van der Waals surface area contributed by atoms with Gasteiger partial charge in [0.1, 0.15) is 0 Å². The third kappa shape index (κ3) is 4.45. The minimum absolute atomic E-state index is 0.134. The first-order valence-electron chi connectivity index (χ1n) is 7.46. The lowest BCUT2D eigenvalue weighted by molar-refractivity contribution is -0.138. The molecule has 0 aromatic heterocycles. The fraction of sp³-hybridized carbons (Fsp3) is 0.625. The average molecular weight is 300 g/mol. The molecule has 2 rings (SSSR count). The molecule has 1 aliphatic heterocycles. The van der Waals surface area contributed by atoms with Crippen LogP contribution in [-0.4, -0.2) is 37.3 Å². The van der Waals surface area contributed by atoms with Crippen molar-refractivity contribution in [2.75, 3.05) is 26.2 Å². The molecule has 0 radical (unpaired) electrons. The maximum Gasteiger partial charge on any atom is 0.389 e. The molecule has 0 spiro atoms. The van der Waals surface area contributed by atoms with Gasteiger partial charge in [-0.2, -0.15) is 13.2 Å². The number of nitrogens with zero attached hydrogens (tertiary/aromatic N) is 1. The van der Waals surface area contributed by atoms with Crippen molar-refractivity contribution >= 4 is 0 Å². The molecule has 0 amide bonds. The Balaban J connectivity index is 2.26. The first kappa shape index (κ1) is 16.3. The van der Waals surface area contributed by atoms with Gasteiger partial charge in [0, 0.05) is 38.6 Å². The Morgan fingerprint density at radius 2 is 1.71 bits per heavy atom. The van der Waals surface area contributed by atoms with Gasteiger partial charge in [0.25, 0.3) is 0 Å². The SMILES string of the molecule is Cc1cccc(C)c1[C@H](CCC(F)(F)F)N1CCNCC1. The van der Waals surface area contributed by atoms with E-state index in [0.29, 0.717) is 0 Å². The molecule has 1 aliphatic rings. The summed E-state index contributed by atoms with van der Waals surface area (Å²) in [5.74, 6) is 0. The molecular weight excluding hydrogens is 277 g/mol. The number of aryl methyl sites for hydroxylation is 2. The molecule has 1 saturated heterocycles. The summed E-state index contributed by atoms with van der Waals surface area (Å²) in [5, 5.41) is 3.26. The summed E-state index contributed by atoms with van der Waals surface area (Å²) in [6.45, 7) is 7.27. The molecule has 21 heavy (non-hydrogen) atoms. The standard InChI is InChI=1S/C16H23F3N2/c1-12-4-3-5-13(2)15(12)14(6-7-16(17,18)19)21-10-8-20-9-11-21/h3-5,14,20H,6-11H2,1-2H3/t14-/m0/s1. The molecule has 0 saturated carbocycles. The third-order valence-electron chi connectivity index (χ3n) is 4.17. The summed E-state index contributed by atoms with van der Waals surface area (Å²) in [6.07, 6.45) is -4.69. The van der Waals surface area contributed by atoms with E-state index in [1.54, 1.807) is 0 Å². The van der Waals surface area contributed by atoms with Crippen molar-refractivity contribution in [2.24, 2.45) is 0 Å². The maximum atomic E-state index is 12.7. The van der Waals surface area contributed by atoms with Crippen molar-refractivity contribution in [2.45, 2.75) is 38.9 Å². The van der Waals surface area contributed by atoms with Gasteiger partial charge in [-0.3, -0.25) is 4.90 Å². The van der Waals surface area contributed by atoms with Crippen molar-refractivity contribution < 1.29 is 13.2 Å². The summed E-state index contributed by atoms with van der Waals surface area (Å²) >= 11 is 0. The molecule has 118 valence electrons. The number of hydrogen-bond acceptors (Lipinski definition) is 2. The quantitative estimate of drug-likeness (QED) is 0.914. The summed E-state index contributed by atoms with van der Waals surface area (Å²) in [6, 6.07) is 5.80. The maximum absolute atomic E-state index is 12.7. The van der Waals surface area contributed by atoms with Gasteiger partial charge in [-0.25, -0.2) is 0 Å². The van der Waals surface area contributed by atoms with E-state index >= 15 is 0 Å². The van der Waals surface area contributed by atoms with Gasteiger partial charge in [-0.05, 0) is 37.0 Å². The smallest absolute Gasteiger partial charge is 0.314 e. The Morgan fingerprint density at radius 1 is 1.14 bits per heavy atom. The number of halogens is 3. The molecule has 0 bridgehead atoms. The summed E-state index contributed by atoms with van der Waals surface area (Å²) in [7, 11) is 0. The zero-order chi connectivity index (χ0) is 15.5. The Hall–Kier alpha value is -1.07. The molecule has 0 unspecified atom stereocenters. The first-order chi connectivity index (χ1) is 9.88. The van der Waals surface area contributed by atoms with Crippen LogP contribution < -0.4 is 5.32 Å². The molecule has 2 nitrogen and oxygen atoms in total. The highest BCUT2D eigenvalue weighted by molar-refractivity contribution is 5.36. The second kappa shape index (κ2) is 6.79. The zero-order valence-corrected chi connectivity index (χ0v) is 12.6. The fourth-order valence-corrected chi connectivity index (χ4v) is 3.16. The van der Waals surface area contributed by atoms with Crippen LogP contribution in [0.5, 0.6) is 0 Å². The fourth-order valence-electron chi connectivity index (χ4n) is 3.16. The summed E-state index contributed by atoms with van der Waals surface area (Å²) < 4.78 is 38.0. The molecule has 1 atom stereocenters. The summed E-state index contributed by atoms with van der Waals surface area (Å²) in [4.78, 5) is 2.19. The largest absolute Gasteiger partial charge is 0.389 e.